The first-order valence-corrected chi connectivity index (χ1v) is 9.99. The summed E-state index contributed by atoms with van der Waals surface area (Å²) in [4.78, 5) is 30.9. The lowest BCUT2D eigenvalue weighted by molar-refractivity contribution is 0.00186. The average Bonchev–Trinajstić information content (AvgIpc) is 3.09. The van der Waals surface area contributed by atoms with Crippen LogP contribution < -0.4 is 0 Å². The van der Waals surface area contributed by atoms with Crippen LogP contribution in [0.3, 0.4) is 0 Å². The molecule has 0 saturated carbocycles. The molecule has 2 aromatic carbocycles. The number of carbonyl (C=O) groups is 2. The van der Waals surface area contributed by atoms with Crippen LogP contribution in [0.5, 0.6) is 0 Å². The molecule has 4 heterocycles. The highest BCUT2D eigenvalue weighted by Crippen LogP contribution is 2.45. The highest BCUT2D eigenvalue weighted by molar-refractivity contribution is 5.99. The number of hydrogen-bond acceptors (Lipinski definition) is 3. The first kappa shape index (κ1) is 18.4. The summed E-state index contributed by atoms with van der Waals surface area (Å²) in [5, 5.41) is 1.19. The summed E-state index contributed by atoms with van der Waals surface area (Å²) >= 11 is 0. The zero-order valence-electron chi connectivity index (χ0n) is 16.0. The van der Waals surface area contributed by atoms with E-state index in [4.69, 9.17) is 0 Å². The Labute approximate surface area is 175 Å². The molecule has 1 amide bonds. The molecular weight excluding hydrogens is 386 g/mol. The summed E-state index contributed by atoms with van der Waals surface area (Å²) in [6.45, 7) is 2.52. The number of carbonyl (C=O) groups excluding carboxylic acids is 2. The zero-order chi connectivity index (χ0) is 18.8. The quantitative estimate of drug-likeness (QED) is 0.620. The molecule has 1 aromatic heterocycles. The van der Waals surface area contributed by atoms with Crippen LogP contribution in [0.25, 0.3) is 10.9 Å². The predicted molar refractivity (Wildman–Crippen MR) is 114 cm³/mol. The van der Waals surface area contributed by atoms with E-state index in [1.807, 2.05) is 58.0 Å². The minimum Gasteiger partial charge on any atom is -0.332 e. The van der Waals surface area contributed by atoms with Crippen molar-refractivity contribution in [3.05, 3.63) is 71.4 Å². The Morgan fingerprint density at radius 2 is 1.69 bits per heavy atom. The number of fused-ring (bicyclic) bond motifs is 3. The average molecular weight is 408 g/mol. The third-order valence-electron chi connectivity index (χ3n) is 6.65. The van der Waals surface area contributed by atoms with Gasteiger partial charge in [-0.3, -0.25) is 19.1 Å². The van der Waals surface area contributed by atoms with Crippen LogP contribution in [0, 0.1) is 0 Å². The predicted octanol–water partition coefficient (Wildman–Crippen LogP) is 3.53. The molecular formula is C23H22ClN3O2. The van der Waals surface area contributed by atoms with E-state index in [1.165, 1.54) is 10.9 Å². The number of hydrogen-bond donors (Lipinski definition) is 0. The van der Waals surface area contributed by atoms with Gasteiger partial charge in [0.05, 0.1) is 17.6 Å². The smallest absolute Gasteiger partial charge is 0.254 e. The van der Waals surface area contributed by atoms with Gasteiger partial charge in [-0.2, -0.15) is 0 Å². The van der Waals surface area contributed by atoms with Gasteiger partial charge in [-0.15, -0.1) is 12.4 Å². The van der Waals surface area contributed by atoms with E-state index in [0.29, 0.717) is 18.5 Å². The van der Waals surface area contributed by atoms with Gasteiger partial charge < -0.3 is 4.90 Å². The van der Waals surface area contributed by atoms with E-state index in [2.05, 4.69) is 11.0 Å². The number of rotatable bonds is 1. The summed E-state index contributed by atoms with van der Waals surface area (Å²) < 4.78 is 1.94. The summed E-state index contributed by atoms with van der Waals surface area (Å²) in [6, 6.07) is 17.7. The van der Waals surface area contributed by atoms with Crippen LogP contribution in [0.2, 0.25) is 0 Å². The topological polar surface area (TPSA) is 45.6 Å². The molecule has 1 saturated heterocycles. The molecule has 0 spiro atoms. The fourth-order valence-electron chi connectivity index (χ4n) is 5.48. The molecule has 0 N–H and O–H groups in total. The Kier molecular flexibility index (Phi) is 4.26. The van der Waals surface area contributed by atoms with Crippen molar-refractivity contribution in [3.8, 4) is 0 Å². The van der Waals surface area contributed by atoms with Gasteiger partial charge in [0.25, 0.3) is 5.91 Å². The van der Waals surface area contributed by atoms with Gasteiger partial charge in [-0.05, 0) is 30.2 Å². The summed E-state index contributed by atoms with van der Waals surface area (Å²) in [5.74, 6) is 0.142. The highest BCUT2D eigenvalue weighted by Gasteiger charge is 2.49. The van der Waals surface area contributed by atoms with Gasteiger partial charge in [0.2, 0.25) is 5.91 Å². The van der Waals surface area contributed by atoms with E-state index < -0.39 is 0 Å². The van der Waals surface area contributed by atoms with E-state index >= 15 is 0 Å². The SMILES string of the molecule is Cl.O=C(c1ccccc1)N1CCN2CCc3c4n(c5ccccc35)C(=O)C[C@@H]1[C@H]42. The van der Waals surface area contributed by atoms with Crippen LogP contribution in [0.15, 0.2) is 54.6 Å². The minimum absolute atomic E-state index is 0. The molecule has 0 unspecified atom stereocenters. The number of aromatic nitrogens is 1. The molecule has 2 atom stereocenters. The third-order valence-corrected chi connectivity index (χ3v) is 6.65. The Bertz CT molecular complexity index is 1120. The van der Waals surface area contributed by atoms with Gasteiger partial charge in [0, 0.05) is 42.7 Å². The molecule has 0 bridgehead atoms. The highest BCUT2D eigenvalue weighted by atomic mass is 35.5. The van der Waals surface area contributed by atoms with Gasteiger partial charge in [-0.25, -0.2) is 0 Å². The number of piperazine rings is 1. The maximum absolute atomic E-state index is 13.2. The Morgan fingerprint density at radius 3 is 2.52 bits per heavy atom. The van der Waals surface area contributed by atoms with E-state index in [-0.39, 0.29) is 36.3 Å². The fraction of sp³-hybridized carbons (Fsp3) is 0.304. The maximum Gasteiger partial charge on any atom is 0.254 e. The second kappa shape index (κ2) is 6.71. The first-order valence-electron chi connectivity index (χ1n) is 9.99. The van der Waals surface area contributed by atoms with Crippen LogP contribution in [0.4, 0.5) is 0 Å². The number of halogens is 1. The molecule has 3 aromatic rings. The van der Waals surface area contributed by atoms with Gasteiger partial charge in [0.1, 0.15) is 0 Å². The number of benzene rings is 2. The lowest BCUT2D eigenvalue weighted by Crippen LogP contribution is -2.61. The van der Waals surface area contributed by atoms with Crippen LogP contribution in [-0.2, 0) is 6.42 Å². The fourth-order valence-corrected chi connectivity index (χ4v) is 5.48. The summed E-state index contributed by atoms with van der Waals surface area (Å²) in [6.07, 6.45) is 1.34. The van der Waals surface area contributed by atoms with Crippen molar-refractivity contribution >= 4 is 35.1 Å². The Morgan fingerprint density at radius 1 is 0.931 bits per heavy atom. The molecule has 3 aliphatic heterocycles. The molecule has 0 radical (unpaired) electrons. The van der Waals surface area contributed by atoms with Gasteiger partial charge >= 0.3 is 0 Å². The molecule has 148 valence electrons. The van der Waals surface area contributed by atoms with E-state index in [1.54, 1.807) is 0 Å². The number of nitrogens with zero attached hydrogens (tertiary/aromatic N) is 3. The molecule has 29 heavy (non-hydrogen) atoms. The standard InChI is InChI=1S/C23H21N3O2.ClH/c27-20-14-19-22-21-17(16-8-4-5-9-18(16)26(20)21)10-11-24(22)12-13-25(19)23(28)15-6-2-1-3-7-15;/h1-9,19,22H,10-14H2;1H/t19-,22-;/m1./s1. The van der Waals surface area contributed by atoms with Crippen molar-refractivity contribution in [1.82, 2.24) is 14.4 Å². The Balaban J connectivity index is 0.00000181. The minimum atomic E-state index is -0.0928. The van der Waals surface area contributed by atoms with Crippen molar-refractivity contribution in [2.24, 2.45) is 0 Å². The second-order valence-corrected chi connectivity index (χ2v) is 7.98. The van der Waals surface area contributed by atoms with Crippen molar-refractivity contribution < 1.29 is 9.59 Å². The number of para-hydroxylation sites is 1. The van der Waals surface area contributed by atoms with Crippen LogP contribution in [-0.4, -0.2) is 51.9 Å². The molecule has 3 aliphatic rings. The second-order valence-electron chi connectivity index (χ2n) is 7.98. The van der Waals surface area contributed by atoms with E-state index in [0.717, 1.165) is 30.7 Å². The third kappa shape index (κ3) is 2.51. The van der Waals surface area contributed by atoms with Crippen LogP contribution >= 0.6 is 12.4 Å². The lowest BCUT2D eigenvalue weighted by atomic mass is 9.85. The van der Waals surface area contributed by atoms with Crippen molar-refractivity contribution in [1.29, 1.82) is 0 Å². The molecule has 0 aliphatic carbocycles. The number of amides is 1. The molecule has 6 heteroatoms. The van der Waals surface area contributed by atoms with E-state index in [9.17, 15) is 9.59 Å². The van der Waals surface area contributed by atoms with Crippen molar-refractivity contribution in [2.45, 2.75) is 24.9 Å². The lowest BCUT2D eigenvalue weighted by Gasteiger charge is -2.51. The van der Waals surface area contributed by atoms with Crippen LogP contribution in [0.1, 0.15) is 38.9 Å². The normalized spacial score (nSPS) is 22.9. The molecule has 5 nitrogen and oxygen atoms in total. The molecule has 1 fully saturated rings. The Hall–Kier alpha value is -2.63. The maximum atomic E-state index is 13.2. The van der Waals surface area contributed by atoms with Crippen molar-refractivity contribution in [2.75, 3.05) is 19.6 Å². The zero-order valence-corrected chi connectivity index (χ0v) is 16.8. The van der Waals surface area contributed by atoms with Gasteiger partial charge in [-0.1, -0.05) is 36.4 Å². The largest absolute Gasteiger partial charge is 0.332 e. The summed E-state index contributed by atoms with van der Waals surface area (Å²) in [5.41, 5.74) is 4.14. The van der Waals surface area contributed by atoms with Crippen molar-refractivity contribution in [3.63, 3.8) is 0 Å². The van der Waals surface area contributed by atoms with Gasteiger partial charge in [0.15, 0.2) is 0 Å². The monoisotopic (exact) mass is 407 g/mol. The molecule has 6 rings (SSSR count). The summed E-state index contributed by atoms with van der Waals surface area (Å²) in [7, 11) is 0. The first-order chi connectivity index (χ1) is 13.7.